The Morgan fingerprint density at radius 1 is 1.06 bits per heavy atom. The molecule has 35 heavy (non-hydrogen) atoms. The SMILES string of the molecule is CCCCN1C(=O)[C@@H](CC2(O)CCCCC2)NC(=O)C12CCN(Cc1c(C)nn(CC)c1C)CC2. The molecule has 196 valence electrons. The van der Waals surface area contributed by atoms with Crippen LogP contribution in [0, 0.1) is 13.8 Å². The Bertz CT molecular complexity index is 912. The Morgan fingerprint density at radius 2 is 1.74 bits per heavy atom. The molecule has 8 nitrogen and oxygen atoms in total. The van der Waals surface area contributed by atoms with Gasteiger partial charge in [0.2, 0.25) is 11.8 Å². The summed E-state index contributed by atoms with van der Waals surface area (Å²) in [6.07, 6.45) is 8.02. The molecule has 0 unspecified atom stereocenters. The Balaban J connectivity index is 1.48. The second-order valence-electron chi connectivity index (χ2n) is 11.1. The lowest BCUT2D eigenvalue weighted by Crippen LogP contribution is -2.73. The zero-order chi connectivity index (χ0) is 25.2. The van der Waals surface area contributed by atoms with Crippen LogP contribution in [-0.2, 0) is 22.7 Å². The van der Waals surface area contributed by atoms with Gasteiger partial charge >= 0.3 is 0 Å². The van der Waals surface area contributed by atoms with Crippen LogP contribution in [0.25, 0.3) is 0 Å². The number of piperazine rings is 1. The standard InChI is InChI=1S/C27H45N5O3/c1-5-7-15-31-24(33)23(18-26(35)11-9-8-10-12-26)28-25(34)27(31)13-16-30(17-14-27)19-22-20(3)29-32(6-2)21(22)4/h23,35H,5-19H2,1-4H3,(H,28,34)/t23-/m1/s1. The summed E-state index contributed by atoms with van der Waals surface area (Å²) in [4.78, 5) is 31.7. The Hall–Kier alpha value is -1.93. The summed E-state index contributed by atoms with van der Waals surface area (Å²) in [5.74, 6) is -0.0233. The summed E-state index contributed by atoms with van der Waals surface area (Å²) < 4.78 is 2.05. The van der Waals surface area contributed by atoms with E-state index in [0.717, 1.165) is 76.8 Å². The van der Waals surface area contributed by atoms with Crippen molar-refractivity contribution in [3.8, 4) is 0 Å². The van der Waals surface area contributed by atoms with Crippen LogP contribution < -0.4 is 5.32 Å². The summed E-state index contributed by atoms with van der Waals surface area (Å²) in [6.45, 7) is 12.3. The van der Waals surface area contributed by atoms with Gasteiger partial charge in [0.1, 0.15) is 11.6 Å². The molecule has 2 aliphatic heterocycles. The minimum absolute atomic E-state index is 0.00131. The van der Waals surface area contributed by atoms with E-state index in [2.05, 4.69) is 47.7 Å². The summed E-state index contributed by atoms with van der Waals surface area (Å²) in [5, 5.41) is 18.8. The molecule has 3 fully saturated rings. The van der Waals surface area contributed by atoms with E-state index in [1.807, 2.05) is 4.90 Å². The third kappa shape index (κ3) is 5.15. The average Bonchev–Trinajstić information content (AvgIpc) is 3.11. The van der Waals surface area contributed by atoms with Crippen LogP contribution in [0.3, 0.4) is 0 Å². The van der Waals surface area contributed by atoms with Crippen molar-refractivity contribution in [1.82, 2.24) is 24.9 Å². The van der Waals surface area contributed by atoms with Crippen LogP contribution in [0.1, 0.15) is 95.0 Å². The van der Waals surface area contributed by atoms with E-state index in [-0.39, 0.29) is 11.8 Å². The topological polar surface area (TPSA) is 90.7 Å². The van der Waals surface area contributed by atoms with Gasteiger partial charge in [-0.15, -0.1) is 0 Å². The normalized spacial score (nSPS) is 24.7. The van der Waals surface area contributed by atoms with Crippen LogP contribution in [0.5, 0.6) is 0 Å². The number of aromatic nitrogens is 2. The number of likely N-dealkylation sites (tertiary alicyclic amines) is 1. The lowest BCUT2D eigenvalue weighted by atomic mass is 9.77. The van der Waals surface area contributed by atoms with Crippen LogP contribution in [0.2, 0.25) is 0 Å². The quantitative estimate of drug-likeness (QED) is 0.588. The Morgan fingerprint density at radius 3 is 2.34 bits per heavy atom. The number of amides is 2. The van der Waals surface area contributed by atoms with Gasteiger partial charge in [-0.2, -0.15) is 5.10 Å². The van der Waals surface area contributed by atoms with Crippen molar-refractivity contribution in [3.05, 3.63) is 17.0 Å². The van der Waals surface area contributed by atoms with Crippen LogP contribution in [0.4, 0.5) is 0 Å². The third-order valence-corrected chi connectivity index (χ3v) is 8.81. The number of aryl methyl sites for hydroxylation is 2. The number of rotatable bonds is 8. The molecular weight excluding hydrogens is 442 g/mol. The molecule has 1 aliphatic carbocycles. The number of nitrogens with one attached hydrogen (secondary N) is 1. The monoisotopic (exact) mass is 487 g/mol. The molecule has 1 saturated carbocycles. The second kappa shape index (κ2) is 10.6. The number of piperidine rings is 1. The van der Waals surface area contributed by atoms with E-state index >= 15 is 0 Å². The minimum atomic E-state index is -0.838. The molecule has 8 heteroatoms. The number of carbonyl (C=O) groups excluding carboxylic acids is 2. The van der Waals surface area contributed by atoms with Crippen molar-refractivity contribution >= 4 is 11.8 Å². The van der Waals surface area contributed by atoms with Crippen molar-refractivity contribution in [2.24, 2.45) is 0 Å². The molecule has 1 spiro atoms. The molecule has 0 bridgehead atoms. The molecule has 1 atom stereocenters. The maximum Gasteiger partial charge on any atom is 0.246 e. The van der Waals surface area contributed by atoms with Crippen LogP contribution >= 0.6 is 0 Å². The fourth-order valence-electron chi connectivity index (χ4n) is 6.52. The summed E-state index contributed by atoms with van der Waals surface area (Å²) >= 11 is 0. The first-order chi connectivity index (χ1) is 16.7. The molecule has 2 saturated heterocycles. The van der Waals surface area contributed by atoms with E-state index in [1.165, 1.54) is 11.3 Å². The van der Waals surface area contributed by atoms with Gasteiger partial charge in [0, 0.05) is 50.4 Å². The molecule has 1 aromatic rings. The largest absolute Gasteiger partial charge is 0.390 e. The van der Waals surface area contributed by atoms with Crippen molar-refractivity contribution in [1.29, 1.82) is 0 Å². The molecule has 0 aromatic carbocycles. The lowest BCUT2D eigenvalue weighted by molar-refractivity contribution is -0.163. The van der Waals surface area contributed by atoms with Crippen LogP contribution in [0.15, 0.2) is 0 Å². The number of hydrogen-bond acceptors (Lipinski definition) is 5. The fraction of sp³-hybridized carbons (Fsp3) is 0.815. The van der Waals surface area contributed by atoms with Gasteiger partial charge in [0.25, 0.3) is 0 Å². The predicted molar refractivity (Wildman–Crippen MR) is 136 cm³/mol. The second-order valence-corrected chi connectivity index (χ2v) is 11.1. The highest BCUT2D eigenvalue weighted by Gasteiger charge is 2.54. The van der Waals surface area contributed by atoms with Gasteiger partial charge in [-0.1, -0.05) is 32.6 Å². The number of carbonyl (C=O) groups is 2. The molecular formula is C27H45N5O3. The van der Waals surface area contributed by atoms with Gasteiger partial charge in [-0.05, 0) is 52.9 Å². The molecule has 4 rings (SSSR count). The van der Waals surface area contributed by atoms with Crippen molar-refractivity contribution in [3.63, 3.8) is 0 Å². The molecule has 2 N–H and O–H groups in total. The van der Waals surface area contributed by atoms with E-state index in [4.69, 9.17) is 0 Å². The predicted octanol–water partition coefficient (Wildman–Crippen LogP) is 3.07. The summed E-state index contributed by atoms with van der Waals surface area (Å²) in [7, 11) is 0. The molecule has 2 amide bonds. The molecule has 0 radical (unpaired) electrons. The number of nitrogens with zero attached hydrogens (tertiary/aromatic N) is 4. The van der Waals surface area contributed by atoms with E-state index in [9.17, 15) is 14.7 Å². The van der Waals surface area contributed by atoms with Gasteiger partial charge in [-0.3, -0.25) is 19.2 Å². The fourth-order valence-corrected chi connectivity index (χ4v) is 6.52. The highest BCUT2D eigenvalue weighted by molar-refractivity contribution is 6.00. The van der Waals surface area contributed by atoms with E-state index < -0.39 is 17.2 Å². The van der Waals surface area contributed by atoms with Crippen molar-refractivity contribution in [2.75, 3.05) is 19.6 Å². The Labute approximate surface area is 210 Å². The molecule has 1 aromatic heterocycles. The number of unbranched alkanes of at least 4 members (excludes halogenated alkanes) is 1. The highest BCUT2D eigenvalue weighted by Crippen LogP contribution is 2.37. The van der Waals surface area contributed by atoms with Gasteiger partial charge in [0.05, 0.1) is 11.3 Å². The number of hydrogen-bond donors (Lipinski definition) is 2. The molecule has 3 heterocycles. The summed E-state index contributed by atoms with van der Waals surface area (Å²) in [6, 6.07) is -0.615. The maximum atomic E-state index is 13.7. The first-order valence-electron chi connectivity index (χ1n) is 13.8. The van der Waals surface area contributed by atoms with Gasteiger partial charge < -0.3 is 15.3 Å². The van der Waals surface area contributed by atoms with E-state index in [1.54, 1.807) is 0 Å². The smallest absolute Gasteiger partial charge is 0.246 e. The van der Waals surface area contributed by atoms with Crippen molar-refractivity contribution in [2.45, 2.75) is 122 Å². The number of aliphatic hydroxyl groups is 1. The summed E-state index contributed by atoms with van der Waals surface area (Å²) in [5.41, 5.74) is 1.95. The highest BCUT2D eigenvalue weighted by atomic mass is 16.3. The maximum absolute atomic E-state index is 13.7. The Kier molecular flexibility index (Phi) is 7.91. The van der Waals surface area contributed by atoms with Crippen LogP contribution in [-0.4, -0.2) is 73.3 Å². The van der Waals surface area contributed by atoms with Crippen molar-refractivity contribution < 1.29 is 14.7 Å². The first kappa shape index (κ1) is 26.1. The zero-order valence-corrected chi connectivity index (χ0v) is 22.2. The zero-order valence-electron chi connectivity index (χ0n) is 22.2. The first-order valence-corrected chi connectivity index (χ1v) is 13.8. The van der Waals surface area contributed by atoms with Gasteiger partial charge in [-0.25, -0.2) is 0 Å². The third-order valence-electron chi connectivity index (χ3n) is 8.81. The minimum Gasteiger partial charge on any atom is -0.390 e. The van der Waals surface area contributed by atoms with E-state index in [0.29, 0.717) is 25.8 Å². The lowest BCUT2D eigenvalue weighted by Gasteiger charge is -2.52. The average molecular weight is 488 g/mol. The molecule has 3 aliphatic rings. The van der Waals surface area contributed by atoms with Gasteiger partial charge in [0.15, 0.2) is 0 Å².